The summed E-state index contributed by atoms with van der Waals surface area (Å²) in [5.74, 6) is 0. The van der Waals surface area contributed by atoms with Crippen LogP contribution in [0.15, 0.2) is 76.7 Å². The highest BCUT2D eigenvalue weighted by atomic mass is 32.2. The molecule has 0 amide bonds. The van der Waals surface area contributed by atoms with Crippen LogP contribution in [-0.4, -0.2) is 22.8 Å². The molecule has 0 saturated heterocycles. The lowest BCUT2D eigenvalue weighted by molar-refractivity contribution is 0.571. The van der Waals surface area contributed by atoms with E-state index < -0.39 is 16.1 Å². The van der Waals surface area contributed by atoms with Crippen molar-refractivity contribution in [2.75, 3.05) is 0 Å². The van der Waals surface area contributed by atoms with Gasteiger partial charge in [0.05, 0.1) is 22.3 Å². The summed E-state index contributed by atoms with van der Waals surface area (Å²) < 4.78 is 30.3. The van der Waals surface area contributed by atoms with Crippen molar-refractivity contribution in [1.29, 1.82) is 0 Å². The molecule has 5 rings (SSSR count). The van der Waals surface area contributed by atoms with Crippen molar-refractivity contribution in [1.82, 2.24) is 19.1 Å². The van der Waals surface area contributed by atoms with Crippen molar-refractivity contribution in [2.45, 2.75) is 10.9 Å². The molecule has 0 bridgehead atoms. The first kappa shape index (κ1) is 16.0. The Morgan fingerprint density at radius 3 is 2.59 bits per heavy atom. The summed E-state index contributed by atoms with van der Waals surface area (Å²) in [6, 6.07) is 15.0. The number of aromatic nitrogens is 3. The minimum Gasteiger partial charge on any atom is -0.317 e. The van der Waals surface area contributed by atoms with Gasteiger partial charge in [-0.05, 0) is 17.7 Å². The molecule has 4 aromatic rings. The maximum Gasteiger partial charge on any atom is 0.292 e. The van der Waals surface area contributed by atoms with Crippen LogP contribution in [0, 0.1) is 0 Å². The minimum atomic E-state index is -3.77. The first-order valence-electron chi connectivity index (χ1n) is 8.32. The van der Waals surface area contributed by atoms with Crippen molar-refractivity contribution in [3.8, 4) is 11.3 Å². The van der Waals surface area contributed by atoms with Gasteiger partial charge in [-0.15, -0.1) is 0 Å². The molecule has 2 N–H and O–H groups in total. The molecule has 0 aliphatic heterocycles. The summed E-state index contributed by atoms with van der Waals surface area (Å²) in [5.41, 5.74) is 2.72. The minimum absolute atomic E-state index is 0.183. The highest BCUT2D eigenvalue weighted by molar-refractivity contribution is 7.89. The summed E-state index contributed by atoms with van der Waals surface area (Å²) in [6.07, 6.45) is 3.19. The van der Waals surface area contributed by atoms with Gasteiger partial charge in [0, 0.05) is 18.0 Å². The lowest BCUT2D eigenvalue weighted by Crippen LogP contribution is -2.30. The smallest absolute Gasteiger partial charge is 0.292 e. The third-order valence-electron chi connectivity index (χ3n) is 4.74. The largest absolute Gasteiger partial charge is 0.317 e. The molecule has 2 aromatic carbocycles. The molecule has 0 spiro atoms. The Morgan fingerprint density at radius 2 is 1.78 bits per heavy atom. The van der Waals surface area contributed by atoms with Gasteiger partial charge in [0.2, 0.25) is 15.7 Å². The van der Waals surface area contributed by atoms with Crippen LogP contribution in [0.5, 0.6) is 0 Å². The SMILES string of the molecule is O=c1[nH]c2c(n3ccnc13)C(NS(=O)(=O)c1ccccc1)c1ccccc1-2. The topological polar surface area (TPSA) is 96.3 Å². The average Bonchev–Trinajstić information content (AvgIpc) is 3.27. The Balaban J connectivity index is 1.75. The Hall–Kier alpha value is -3.23. The molecule has 0 fully saturated rings. The molecule has 7 nitrogen and oxygen atoms in total. The van der Waals surface area contributed by atoms with Crippen molar-refractivity contribution < 1.29 is 8.42 Å². The summed E-state index contributed by atoms with van der Waals surface area (Å²) in [5, 5.41) is 0. The van der Waals surface area contributed by atoms with Crippen molar-refractivity contribution in [3.05, 3.63) is 88.6 Å². The molecule has 1 atom stereocenters. The number of benzene rings is 2. The van der Waals surface area contributed by atoms with Gasteiger partial charge in [-0.25, -0.2) is 13.4 Å². The fourth-order valence-electron chi connectivity index (χ4n) is 3.57. The number of rotatable bonds is 3. The first-order valence-corrected chi connectivity index (χ1v) is 9.80. The normalized spacial score (nSPS) is 15.6. The van der Waals surface area contributed by atoms with Gasteiger partial charge < -0.3 is 4.98 Å². The molecular formula is C19H14N4O3S. The fraction of sp³-hybridized carbons (Fsp3) is 0.0526. The first-order chi connectivity index (χ1) is 13.1. The number of fused-ring (bicyclic) bond motifs is 5. The lowest BCUT2D eigenvalue weighted by Gasteiger charge is -2.17. The zero-order chi connectivity index (χ0) is 18.6. The van der Waals surface area contributed by atoms with Crippen molar-refractivity contribution in [2.24, 2.45) is 0 Å². The van der Waals surface area contributed by atoms with Gasteiger partial charge >= 0.3 is 0 Å². The quantitative estimate of drug-likeness (QED) is 0.570. The van der Waals surface area contributed by atoms with Gasteiger partial charge in [-0.1, -0.05) is 42.5 Å². The molecular weight excluding hydrogens is 364 g/mol. The van der Waals surface area contributed by atoms with E-state index in [0.29, 0.717) is 11.4 Å². The standard InChI is InChI=1S/C19H14N4O3S/c24-19-18-20-10-11-23(18)17-15(21-19)13-8-4-5-9-14(13)16(17)22-27(25,26)12-6-2-1-3-7-12/h1-11,16,22H,(H,21,24). The number of nitrogens with zero attached hydrogens (tertiary/aromatic N) is 2. The fourth-order valence-corrected chi connectivity index (χ4v) is 4.77. The van der Waals surface area contributed by atoms with E-state index in [1.54, 1.807) is 40.9 Å². The Kier molecular flexibility index (Phi) is 3.33. The molecule has 27 heavy (non-hydrogen) atoms. The molecule has 2 heterocycles. The second kappa shape index (κ2) is 5.63. The van der Waals surface area contributed by atoms with E-state index in [-0.39, 0.29) is 16.1 Å². The van der Waals surface area contributed by atoms with Crippen LogP contribution in [0.4, 0.5) is 0 Å². The van der Waals surface area contributed by atoms with Crippen molar-refractivity contribution >= 4 is 15.7 Å². The Morgan fingerprint density at radius 1 is 1.04 bits per heavy atom. The third kappa shape index (κ3) is 2.34. The highest BCUT2D eigenvalue weighted by Gasteiger charge is 2.35. The summed E-state index contributed by atoms with van der Waals surface area (Å²) >= 11 is 0. The number of hydrogen-bond acceptors (Lipinski definition) is 4. The highest BCUT2D eigenvalue weighted by Crippen LogP contribution is 2.42. The molecule has 8 heteroatoms. The van der Waals surface area contributed by atoms with Crippen LogP contribution < -0.4 is 10.3 Å². The zero-order valence-corrected chi connectivity index (χ0v) is 14.8. The summed E-state index contributed by atoms with van der Waals surface area (Å²) in [4.78, 5) is 19.5. The van der Waals surface area contributed by atoms with Crippen LogP contribution in [0.1, 0.15) is 17.3 Å². The average molecular weight is 378 g/mol. The number of hydrogen-bond donors (Lipinski definition) is 2. The number of nitrogens with one attached hydrogen (secondary N) is 2. The lowest BCUT2D eigenvalue weighted by atomic mass is 10.1. The van der Waals surface area contributed by atoms with Gasteiger partial charge in [-0.3, -0.25) is 9.20 Å². The van der Waals surface area contributed by atoms with E-state index in [0.717, 1.165) is 11.1 Å². The predicted molar refractivity (Wildman–Crippen MR) is 99.9 cm³/mol. The Bertz CT molecular complexity index is 1340. The van der Waals surface area contributed by atoms with E-state index in [9.17, 15) is 13.2 Å². The number of aromatic amines is 1. The van der Waals surface area contributed by atoms with Crippen LogP contribution in [0.2, 0.25) is 0 Å². The van der Waals surface area contributed by atoms with Gasteiger partial charge in [-0.2, -0.15) is 4.72 Å². The van der Waals surface area contributed by atoms with E-state index in [2.05, 4.69) is 14.7 Å². The van der Waals surface area contributed by atoms with E-state index >= 15 is 0 Å². The molecule has 0 radical (unpaired) electrons. The van der Waals surface area contributed by atoms with Gasteiger partial charge in [0.25, 0.3) is 5.56 Å². The van der Waals surface area contributed by atoms with E-state index in [1.165, 1.54) is 6.20 Å². The summed E-state index contributed by atoms with van der Waals surface area (Å²) in [6.45, 7) is 0. The van der Waals surface area contributed by atoms with Crippen LogP contribution in [0.25, 0.3) is 16.9 Å². The Labute approximate surface area is 154 Å². The monoisotopic (exact) mass is 378 g/mol. The molecule has 1 unspecified atom stereocenters. The van der Waals surface area contributed by atoms with Crippen LogP contribution in [0.3, 0.4) is 0 Å². The summed E-state index contributed by atoms with van der Waals surface area (Å²) in [7, 11) is -3.77. The van der Waals surface area contributed by atoms with Crippen LogP contribution in [-0.2, 0) is 10.0 Å². The number of H-pyrrole nitrogens is 1. The second-order valence-electron chi connectivity index (χ2n) is 6.29. The van der Waals surface area contributed by atoms with Gasteiger partial charge in [0.15, 0.2) is 0 Å². The van der Waals surface area contributed by atoms with E-state index in [4.69, 9.17) is 0 Å². The number of imidazole rings is 1. The van der Waals surface area contributed by atoms with E-state index in [1.807, 2.05) is 24.3 Å². The molecule has 0 saturated carbocycles. The van der Waals surface area contributed by atoms with Crippen molar-refractivity contribution in [3.63, 3.8) is 0 Å². The molecule has 134 valence electrons. The van der Waals surface area contributed by atoms with Crippen LogP contribution >= 0.6 is 0 Å². The maximum absolute atomic E-state index is 12.9. The zero-order valence-electron chi connectivity index (χ0n) is 14.0. The molecule has 1 aliphatic rings. The van der Waals surface area contributed by atoms with Gasteiger partial charge in [0.1, 0.15) is 0 Å². The molecule has 1 aliphatic carbocycles. The number of sulfonamides is 1. The maximum atomic E-state index is 12.9. The third-order valence-corrected chi connectivity index (χ3v) is 6.18. The predicted octanol–water partition coefficient (Wildman–Crippen LogP) is 2.07. The molecule has 2 aromatic heterocycles. The second-order valence-corrected chi connectivity index (χ2v) is 8.00.